The monoisotopic (exact) mass is 540 g/mol. The first-order valence-corrected chi connectivity index (χ1v) is 13.6. The van der Waals surface area contributed by atoms with E-state index in [0.717, 1.165) is 36.8 Å². The summed E-state index contributed by atoms with van der Waals surface area (Å²) in [6, 6.07) is 21.5. The first-order chi connectivity index (χ1) is 19.5. The van der Waals surface area contributed by atoms with E-state index in [1.165, 1.54) is 6.07 Å². The maximum absolute atomic E-state index is 14.8. The van der Waals surface area contributed by atoms with Crippen molar-refractivity contribution in [3.05, 3.63) is 107 Å². The van der Waals surface area contributed by atoms with Crippen LogP contribution in [0.1, 0.15) is 48.2 Å². The van der Waals surface area contributed by atoms with E-state index in [0.29, 0.717) is 47.9 Å². The second kappa shape index (κ2) is 12.6. The van der Waals surface area contributed by atoms with Crippen molar-refractivity contribution in [3.8, 4) is 28.6 Å². The van der Waals surface area contributed by atoms with E-state index < -0.39 is 5.82 Å². The Labute approximate surface area is 232 Å². The molecular formula is C32H33FN4O3. The molecule has 0 fully saturated rings. The normalized spacial score (nSPS) is 11.2. The van der Waals surface area contributed by atoms with Gasteiger partial charge < -0.3 is 20.7 Å². The van der Waals surface area contributed by atoms with Crippen LogP contribution in [-0.4, -0.2) is 37.7 Å². The number of hydrogen-bond acceptors (Lipinski definition) is 6. The molecule has 0 spiro atoms. The Bertz CT molecular complexity index is 1570. The fraction of sp³-hybridized carbons (Fsp3) is 0.250. The quantitative estimate of drug-likeness (QED) is 0.167. The van der Waals surface area contributed by atoms with Gasteiger partial charge in [0, 0.05) is 24.6 Å². The molecule has 0 aliphatic heterocycles. The van der Waals surface area contributed by atoms with Crippen molar-refractivity contribution in [2.45, 2.75) is 38.5 Å². The van der Waals surface area contributed by atoms with Crippen LogP contribution in [0.4, 0.5) is 4.39 Å². The van der Waals surface area contributed by atoms with Gasteiger partial charge in [0.1, 0.15) is 11.4 Å². The number of phenols is 1. The summed E-state index contributed by atoms with van der Waals surface area (Å²) < 4.78 is 22.1. The summed E-state index contributed by atoms with van der Waals surface area (Å²) in [6.07, 6.45) is 6.36. The van der Waals surface area contributed by atoms with Crippen LogP contribution in [0.5, 0.6) is 17.4 Å². The van der Waals surface area contributed by atoms with Crippen LogP contribution in [0.15, 0.2) is 79.0 Å². The van der Waals surface area contributed by atoms with Crippen LogP contribution in [0.2, 0.25) is 0 Å². The number of aromatic nitrogens is 3. The third-order valence-corrected chi connectivity index (χ3v) is 6.82. The lowest BCUT2D eigenvalue weighted by Crippen LogP contribution is -2.02. The average molecular weight is 541 g/mol. The number of rotatable bonds is 12. The highest BCUT2D eigenvalue weighted by atomic mass is 19.1. The van der Waals surface area contributed by atoms with Crippen LogP contribution in [-0.2, 0) is 12.8 Å². The summed E-state index contributed by atoms with van der Waals surface area (Å²) in [5.74, 6) is -0.0864. The van der Waals surface area contributed by atoms with Gasteiger partial charge in [0.15, 0.2) is 17.2 Å². The van der Waals surface area contributed by atoms with E-state index in [9.17, 15) is 14.6 Å². The fourth-order valence-corrected chi connectivity index (χ4v) is 4.69. The lowest BCUT2D eigenvalue weighted by atomic mass is 10.1. The molecule has 7 nitrogen and oxygen atoms in total. The number of hydrogen-bond donors (Lipinski definition) is 3. The molecule has 8 heteroatoms. The Kier molecular flexibility index (Phi) is 8.56. The zero-order valence-electron chi connectivity index (χ0n) is 22.3. The Balaban J connectivity index is 1.41. The molecule has 0 saturated heterocycles. The van der Waals surface area contributed by atoms with E-state index in [4.69, 9.17) is 20.4 Å². The molecule has 2 aromatic heterocycles. The Morgan fingerprint density at radius 1 is 0.800 bits per heavy atom. The predicted octanol–water partition coefficient (Wildman–Crippen LogP) is 6.03. The molecule has 0 aliphatic rings. The van der Waals surface area contributed by atoms with Gasteiger partial charge in [0.25, 0.3) is 0 Å². The first-order valence-electron chi connectivity index (χ1n) is 13.6. The van der Waals surface area contributed by atoms with Gasteiger partial charge in [0.2, 0.25) is 5.88 Å². The fourth-order valence-electron chi connectivity index (χ4n) is 4.69. The number of nitrogens with zero attached hydrogens (tertiary/aromatic N) is 3. The minimum absolute atomic E-state index is 0.0232. The maximum atomic E-state index is 14.8. The van der Waals surface area contributed by atoms with Crippen LogP contribution in [0, 0.1) is 5.82 Å². The second-order valence-electron chi connectivity index (χ2n) is 9.85. The van der Waals surface area contributed by atoms with Crippen molar-refractivity contribution in [1.29, 1.82) is 0 Å². The smallest absolute Gasteiger partial charge is 0.219 e. The highest BCUT2D eigenvalue weighted by Crippen LogP contribution is 2.29. The van der Waals surface area contributed by atoms with Gasteiger partial charge in [-0.2, -0.15) is 0 Å². The standard InChI is InChI=1S/C32H33FN4O3/c33-26-18-23(10-15-30(26)40-17-7-2-1-6-16-34)20-28-32(39)37-21-29(24-11-13-25(38)14-12-24)35-27(31(37)36-28)19-22-8-4-3-5-9-22/h3-5,8-15,18,21,38-39H,1-2,6-7,16-17,19-20,34H2. The van der Waals surface area contributed by atoms with Crippen molar-refractivity contribution in [2.24, 2.45) is 5.73 Å². The van der Waals surface area contributed by atoms with Crippen LogP contribution in [0.25, 0.3) is 16.9 Å². The minimum atomic E-state index is -0.441. The predicted molar refractivity (Wildman–Crippen MR) is 153 cm³/mol. The zero-order valence-corrected chi connectivity index (χ0v) is 22.3. The topological polar surface area (TPSA) is 106 Å². The number of ether oxygens (including phenoxy) is 1. The molecule has 0 unspecified atom stereocenters. The number of fused-ring (bicyclic) bond motifs is 1. The number of imidazole rings is 1. The molecule has 0 atom stereocenters. The lowest BCUT2D eigenvalue weighted by molar-refractivity contribution is 0.290. The van der Waals surface area contributed by atoms with Crippen molar-refractivity contribution in [1.82, 2.24) is 14.4 Å². The third kappa shape index (κ3) is 6.40. The first kappa shape index (κ1) is 27.1. The zero-order chi connectivity index (χ0) is 27.9. The van der Waals surface area contributed by atoms with Gasteiger partial charge in [-0.25, -0.2) is 14.4 Å². The van der Waals surface area contributed by atoms with Crippen molar-refractivity contribution in [2.75, 3.05) is 13.2 Å². The van der Waals surface area contributed by atoms with Crippen LogP contribution >= 0.6 is 0 Å². The molecule has 3 aromatic carbocycles. The molecule has 0 saturated carbocycles. The lowest BCUT2D eigenvalue weighted by Gasteiger charge is -2.09. The number of nitrogens with two attached hydrogens (primary N) is 1. The van der Waals surface area contributed by atoms with Gasteiger partial charge >= 0.3 is 0 Å². The molecule has 206 valence electrons. The van der Waals surface area contributed by atoms with Crippen molar-refractivity contribution >= 4 is 5.65 Å². The molecule has 40 heavy (non-hydrogen) atoms. The van der Waals surface area contributed by atoms with E-state index in [1.54, 1.807) is 47.0 Å². The Morgan fingerprint density at radius 2 is 1.55 bits per heavy atom. The summed E-state index contributed by atoms with van der Waals surface area (Å²) >= 11 is 0. The molecule has 2 heterocycles. The van der Waals surface area contributed by atoms with Gasteiger partial charge in [-0.1, -0.05) is 49.2 Å². The summed E-state index contributed by atoms with van der Waals surface area (Å²) in [5.41, 5.74) is 10.3. The number of halogens is 1. The molecule has 0 bridgehead atoms. The highest BCUT2D eigenvalue weighted by Gasteiger charge is 2.19. The van der Waals surface area contributed by atoms with Gasteiger partial charge in [0.05, 0.1) is 18.0 Å². The summed E-state index contributed by atoms with van der Waals surface area (Å²) in [6.45, 7) is 1.14. The third-order valence-electron chi connectivity index (χ3n) is 6.82. The molecule has 5 aromatic rings. The number of benzene rings is 3. The summed E-state index contributed by atoms with van der Waals surface area (Å²) in [4.78, 5) is 9.61. The average Bonchev–Trinajstić information content (AvgIpc) is 3.27. The van der Waals surface area contributed by atoms with E-state index in [-0.39, 0.29) is 23.8 Å². The highest BCUT2D eigenvalue weighted by molar-refractivity contribution is 5.64. The van der Waals surface area contributed by atoms with Gasteiger partial charge in [-0.15, -0.1) is 0 Å². The number of phenolic OH excluding ortho intramolecular Hbond substituents is 1. The summed E-state index contributed by atoms with van der Waals surface area (Å²) in [7, 11) is 0. The van der Waals surface area contributed by atoms with Gasteiger partial charge in [-0.05, 0) is 66.9 Å². The summed E-state index contributed by atoms with van der Waals surface area (Å²) in [5, 5.41) is 20.9. The second-order valence-corrected chi connectivity index (χ2v) is 9.85. The number of unbranched alkanes of at least 4 members (excludes halogenated alkanes) is 3. The largest absolute Gasteiger partial charge is 0.508 e. The van der Waals surface area contributed by atoms with Crippen molar-refractivity contribution in [3.63, 3.8) is 0 Å². The Morgan fingerprint density at radius 3 is 2.30 bits per heavy atom. The van der Waals surface area contributed by atoms with Crippen LogP contribution in [0.3, 0.4) is 0 Å². The molecule has 0 radical (unpaired) electrons. The minimum Gasteiger partial charge on any atom is -0.508 e. The Hall–Kier alpha value is -4.43. The van der Waals surface area contributed by atoms with E-state index in [2.05, 4.69) is 0 Å². The molecular weight excluding hydrogens is 507 g/mol. The molecule has 5 rings (SSSR count). The maximum Gasteiger partial charge on any atom is 0.219 e. The number of aromatic hydroxyl groups is 2. The van der Waals surface area contributed by atoms with E-state index in [1.807, 2.05) is 30.3 Å². The molecule has 4 N–H and O–H groups in total. The molecule has 0 aliphatic carbocycles. The van der Waals surface area contributed by atoms with Crippen LogP contribution < -0.4 is 10.5 Å². The van der Waals surface area contributed by atoms with Gasteiger partial charge in [-0.3, -0.25) is 4.40 Å². The molecule has 0 amide bonds. The van der Waals surface area contributed by atoms with Crippen molar-refractivity contribution < 1.29 is 19.3 Å². The SMILES string of the molecule is NCCCCCCOc1ccc(Cc2nc3c(Cc4ccccc4)nc(-c4ccc(O)cc4)cn3c2O)cc1F. The van der Waals surface area contributed by atoms with E-state index >= 15 is 0 Å².